The van der Waals surface area contributed by atoms with E-state index >= 15 is 0 Å². The summed E-state index contributed by atoms with van der Waals surface area (Å²) in [5.41, 5.74) is 2.54. The summed E-state index contributed by atoms with van der Waals surface area (Å²) in [7, 11) is 1.44. The van der Waals surface area contributed by atoms with Crippen molar-refractivity contribution in [3.05, 3.63) is 29.8 Å². The molecular weight excluding hydrogens is 310 g/mol. The summed E-state index contributed by atoms with van der Waals surface area (Å²) in [5.74, 6) is -1.72. The minimum absolute atomic E-state index is 0.0342. The van der Waals surface area contributed by atoms with E-state index in [9.17, 15) is 14.4 Å². The van der Waals surface area contributed by atoms with Crippen molar-refractivity contribution >= 4 is 34.7 Å². The van der Waals surface area contributed by atoms with Crippen molar-refractivity contribution < 1.29 is 24.2 Å². The third kappa shape index (κ3) is 3.76. The Hall–Kier alpha value is -2.55. The van der Waals surface area contributed by atoms with Gasteiger partial charge in [-0.15, -0.1) is 5.10 Å². The number of para-hydroxylation sites is 1. The van der Waals surface area contributed by atoms with E-state index in [0.717, 1.165) is 11.8 Å². The van der Waals surface area contributed by atoms with Gasteiger partial charge < -0.3 is 15.2 Å². The first-order chi connectivity index (χ1) is 10.5. The number of carbonyl (C=O) groups excluding carboxylic acids is 2. The first kappa shape index (κ1) is 15.8. The van der Waals surface area contributed by atoms with Gasteiger partial charge in [0.05, 0.1) is 12.7 Å². The molecule has 0 saturated carbocycles. The molecule has 1 heterocycles. The number of benzene rings is 1. The topological polar surface area (TPSA) is 117 Å². The molecule has 1 fully saturated rings. The van der Waals surface area contributed by atoms with Gasteiger partial charge >= 0.3 is 5.97 Å². The quantitative estimate of drug-likeness (QED) is 0.691. The average Bonchev–Trinajstić information content (AvgIpc) is 2.52. The molecule has 0 aromatic heterocycles. The van der Waals surface area contributed by atoms with Crippen LogP contribution in [0.5, 0.6) is 5.75 Å². The van der Waals surface area contributed by atoms with E-state index in [1.807, 2.05) is 0 Å². The molecule has 116 valence electrons. The molecule has 1 aromatic rings. The van der Waals surface area contributed by atoms with E-state index < -0.39 is 23.0 Å². The molecule has 9 heteroatoms. The third-order valence-corrected chi connectivity index (χ3v) is 3.83. The van der Waals surface area contributed by atoms with Crippen molar-refractivity contribution in [2.45, 2.75) is 11.7 Å². The first-order valence-electron chi connectivity index (χ1n) is 6.21. The maximum atomic E-state index is 12.0. The first-order valence-corrected chi connectivity index (χ1v) is 7.09. The molecule has 2 amide bonds. The van der Waals surface area contributed by atoms with Gasteiger partial charge in [-0.2, -0.15) is 0 Å². The summed E-state index contributed by atoms with van der Waals surface area (Å²) in [4.78, 5) is 34.4. The largest absolute Gasteiger partial charge is 0.496 e. The Morgan fingerprint density at radius 3 is 2.86 bits per heavy atom. The Morgan fingerprint density at radius 1 is 1.45 bits per heavy atom. The van der Waals surface area contributed by atoms with Crippen molar-refractivity contribution in [3.8, 4) is 5.75 Å². The molecule has 1 saturated heterocycles. The molecule has 3 N–H and O–H groups in total. The van der Waals surface area contributed by atoms with Gasteiger partial charge in [0, 0.05) is 6.42 Å². The van der Waals surface area contributed by atoms with Crippen LogP contribution in [-0.4, -0.2) is 40.4 Å². The number of amides is 2. The van der Waals surface area contributed by atoms with E-state index in [-0.39, 0.29) is 17.2 Å². The zero-order chi connectivity index (χ0) is 16.1. The zero-order valence-electron chi connectivity index (χ0n) is 11.5. The SMILES string of the molecule is COc1ccccc1C(=O)N/N=C1\NC(=O)C[C@H](C(=O)O)S1. The predicted octanol–water partition coefficient (Wildman–Crippen LogP) is 0.402. The highest BCUT2D eigenvalue weighted by Crippen LogP contribution is 2.21. The summed E-state index contributed by atoms with van der Waals surface area (Å²) < 4.78 is 5.06. The van der Waals surface area contributed by atoms with Crippen LogP contribution in [0.1, 0.15) is 16.8 Å². The van der Waals surface area contributed by atoms with Gasteiger partial charge in [-0.1, -0.05) is 23.9 Å². The summed E-state index contributed by atoms with van der Waals surface area (Å²) in [6.45, 7) is 0. The maximum absolute atomic E-state index is 12.0. The van der Waals surface area contributed by atoms with Crippen LogP contribution in [0.4, 0.5) is 0 Å². The lowest BCUT2D eigenvalue weighted by molar-refractivity contribution is -0.138. The molecule has 1 aliphatic rings. The number of hydrazone groups is 1. The Labute approximate surface area is 129 Å². The average molecular weight is 323 g/mol. The monoisotopic (exact) mass is 323 g/mol. The molecule has 0 radical (unpaired) electrons. The van der Waals surface area contributed by atoms with Crippen molar-refractivity contribution in [2.75, 3.05) is 7.11 Å². The van der Waals surface area contributed by atoms with Crippen LogP contribution in [-0.2, 0) is 9.59 Å². The minimum Gasteiger partial charge on any atom is -0.496 e. The predicted molar refractivity (Wildman–Crippen MR) is 79.7 cm³/mol. The fourth-order valence-corrected chi connectivity index (χ4v) is 2.61. The third-order valence-electron chi connectivity index (χ3n) is 2.76. The lowest BCUT2D eigenvalue weighted by atomic mass is 10.2. The van der Waals surface area contributed by atoms with E-state index in [1.165, 1.54) is 7.11 Å². The fraction of sp³-hybridized carbons (Fsp3) is 0.231. The van der Waals surface area contributed by atoms with Crippen LogP contribution in [0.15, 0.2) is 29.4 Å². The minimum atomic E-state index is -1.11. The second-order valence-corrected chi connectivity index (χ2v) is 5.45. The maximum Gasteiger partial charge on any atom is 0.317 e. The molecule has 1 aliphatic heterocycles. The van der Waals surface area contributed by atoms with Crippen molar-refractivity contribution in [3.63, 3.8) is 0 Å². The summed E-state index contributed by atoms with van der Waals surface area (Å²) in [5, 5.41) is 14.2. The Morgan fingerprint density at radius 2 is 2.18 bits per heavy atom. The fourth-order valence-electron chi connectivity index (χ4n) is 1.73. The van der Waals surface area contributed by atoms with Crippen LogP contribution in [0.25, 0.3) is 0 Å². The molecule has 1 aromatic carbocycles. The number of hydrogen-bond donors (Lipinski definition) is 3. The summed E-state index contributed by atoms with van der Waals surface area (Å²) >= 11 is 0.863. The second-order valence-electron chi connectivity index (χ2n) is 4.26. The Balaban J connectivity index is 2.08. The van der Waals surface area contributed by atoms with Crippen LogP contribution >= 0.6 is 11.8 Å². The van der Waals surface area contributed by atoms with Gasteiger partial charge in [0.1, 0.15) is 11.0 Å². The highest BCUT2D eigenvalue weighted by Gasteiger charge is 2.30. The van der Waals surface area contributed by atoms with E-state index in [2.05, 4.69) is 15.8 Å². The standard InChI is InChI=1S/C13H13N3O5S/c1-21-8-5-3-2-4-7(8)11(18)15-16-13-14-10(17)6-9(22-13)12(19)20/h2-5,9H,6H2,1H3,(H,15,18)(H,19,20)(H,14,16,17)/t9-/m1/s1. The number of thioether (sulfide) groups is 1. The normalized spacial score (nSPS) is 19.4. The van der Waals surface area contributed by atoms with E-state index in [1.54, 1.807) is 24.3 Å². The molecular formula is C13H13N3O5S. The van der Waals surface area contributed by atoms with Crippen molar-refractivity contribution in [1.29, 1.82) is 0 Å². The number of carboxylic acid groups (broad SMARTS) is 1. The number of rotatable bonds is 4. The van der Waals surface area contributed by atoms with Gasteiger partial charge in [-0.3, -0.25) is 14.4 Å². The molecule has 1 atom stereocenters. The van der Waals surface area contributed by atoms with Gasteiger partial charge in [-0.05, 0) is 12.1 Å². The summed E-state index contributed by atoms with van der Waals surface area (Å²) in [6, 6.07) is 6.57. The van der Waals surface area contributed by atoms with Crippen LogP contribution in [0.3, 0.4) is 0 Å². The van der Waals surface area contributed by atoms with Crippen molar-refractivity contribution in [1.82, 2.24) is 10.7 Å². The number of hydrogen-bond acceptors (Lipinski definition) is 6. The Bertz CT molecular complexity index is 646. The van der Waals surface area contributed by atoms with Crippen molar-refractivity contribution in [2.24, 2.45) is 5.10 Å². The van der Waals surface area contributed by atoms with Crippen LogP contribution in [0, 0.1) is 0 Å². The highest BCUT2D eigenvalue weighted by atomic mass is 32.2. The van der Waals surface area contributed by atoms with Gasteiger partial charge in [0.2, 0.25) is 5.91 Å². The molecule has 0 bridgehead atoms. The van der Waals surface area contributed by atoms with E-state index in [4.69, 9.17) is 9.84 Å². The number of ether oxygens (including phenoxy) is 1. The lowest BCUT2D eigenvalue weighted by Gasteiger charge is -2.19. The number of nitrogens with one attached hydrogen (secondary N) is 2. The molecule has 8 nitrogen and oxygen atoms in total. The molecule has 2 rings (SSSR count). The number of carbonyl (C=O) groups is 3. The number of nitrogens with zero attached hydrogens (tertiary/aromatic N) is 1. The molecule has 0 spiro atoms. The number of aliphatic carboxylic acids is 1. The lowest BCUT2D eigenvalue weighted by Crippen LogP contribution is -2.41. The van der Waals surface area contributed by atoms with Gasteiger partial charge in [0.25, 0.3) is 5.91 Å². The zero-order valence-corrected chi connectivity index (χ0v) is 12.3. The number of amidine groups is 1. The number of carboxylic acids is 1. The summed E-state index contributed by atoms with van der Waals surface area (Å²) in [6.07, 6.45) is -0.139. The van der Waals surface area contributed by atoms with Gasteiger partial charge in [-0.25, -0.2) is 5.43 Å². The molecule has 22 heavy (non-hydrogen) atoms. The Kier molecular flexibility index (Phi) is 4.99. The van der Waals surface area contributed by atoms with Gasteiger partial charge in [0.15, 0.2) is 5.17 Å². The smallest absolute Gasteiger partial charge is 0.317 e. The molecule has 0 aliphatic carbocycles. The second kappa shape index (κ2) is 6.94. The van der Waals surface area contributed by atoms with Crippen LogP contribution < -0.4 is 15.5 Å². The van der Waals surface area contributed by atoms with E-state index in [0.29, 0.717) is 5.75 Å². The van der Waals surface area contributed by atoms with Crippen LogP contribution in [0.2, 0.25) is 0 Å². The molecule has 0 unspecified atom stereocenters. The number of methoxy groups -OCH3 is 1. The highest BCUT2D eigenvalue weighted by molar-refractivity contribution is 8.15.